The van der Waals surface area contributed by atoms with Gasteiger partial charge in [-0.25, -0.2) is 4.98 Å². The lowest BCUT2D eigenvalue weighted by molar-refractivity contribution is 0.284. The van der Waals surface area contributed by atoms with E-state index in [1.807, 2.05) is 0 Å². The fourth-order valence-corrected chi connectivity index (χ4v) is 3.46. The summed E-state index contributed by atoms with van der Waals surface area (Å²) >= 11 is 1.71. The molecule has 3 nitrogen and oxygen atoms in total. The van der Waals surface area contributed by atoms with Gasteiger partial charge < -0.3 is 5.11 Å². The molecule has 0 amide bonds. The van der Waals surface area contributed by atoms with Crippen molar-refractivity contribution < 1.29 is 5.11 Å². The number of likely N-dealkylation sites (tertiary alicyclic amines) is 1. The van der Waals surface area contributed by atoms with Gasteiger partial charge >= 0.3 is 0 Å². The zero-order chi connectivity index (χ0) is 11.0. The number of thiazole rings is 1. The largest absolute Gasteiger partial charge is 0.391 e. The predicted molar refractivity (Wildman–Crippen MR) is 64.5 cm³/mol. The highest BCUT2D eigenvalue weighted by atomic mass is 32.1. The monoisotopic (exact) mass is 238 g/mol. The highest BCUT2D eigenvalue weighted by molar-refractivity contribution is 7.11. The second-order valence-corrected chi connectivity index (χ2v) is 6.00. The maximum absolute atomic E-state index is 9.33. The van der Waals surface area contributed by atoms with Gasteiger partial charge in [-0.1, -0.05) is 0 Å². The Morgan fingerprint density at radius 1 is 1.31 bits per heavy atom. The van der Waals surface area contributed by atoms with Crippen LogP contribution >= 0.6 is 11.3 Å². The van der Waals surface area contributed by atoms with Gasteiger partial charge in [-0.05, 0) is 38.8 Å². The first-order valence-corrected chi connectivity index (χ1v) is 7.00. The number of hydrogen-bond donors (Lipinski definition) is 1. The van der Waals surface area contributed by atoms with Crippen LogP contribution in [0.25, 0.3) is 0 Å². The molecular formula is C12H18N2OS. The first kappa shape index (κ1) is 10.7. The zero-order valence-electron chi connectivity index (χ0n) is 9.48. The molecule has 1 saturated carbocycles. The third-order valence-corrected chi connectivity index (χ3v) is 4.48. The maximum atomic E-state index is 9.33. The van der Waals surface area contributed by atoms with Crippen molar-refractivity contribution in [2.75, 3.05) is 13.1 Å². The maximum Gasteiger partial charge on any atom is 0.107 e. The molecule has 0 bridgehead atoms. The molecule has 3 rings (SSSR count). The fraction of sp³-hybridized carbons (Fsp3) is 0.750. The minimum Gasteiger partial charge on any atom is -0.391 e. The van der Waals surface area contributed by atoms with E-state index in [1.165, 1.54) is 49.5 Å². The molecule has 1 aliphatic heterocycles. The van der Waals surface area contributed by atoms with Crippen LogP contribution < -0.4 is 0 Å². The van der Waals surface area contributed by atoms with E-state index in [0.717, 1.165) is 11.4 Å². The standard InChI is InChI=1S/C12H18N2OS/c15-8-10-12(9-3-4-9)13-11(16-10)7-14-5-1-2-6-14/h9,15H,1-8H2. The molecule has 88 valence electrons. The van der Waals surface area contributed by atoms with Crippen LogP contribution in [0, 0.1) is 0 Å². The normalized spacial score (nSPS) is 21.8. The summed E-state index contributed by atoms with van der Waals surface area (Å²) in [5.41, 5.74) is 1.20. The molecule has 0 radical (unpaired) electrons. The van der Waals surface area contributed by atoms with Gasteiger partial charge in [-0.15, -0.1) is 11.3 Å². The van der Waals surface area contributed by atoms with Crippen LogP contribution in [0.5, 0.6) is 0 Å². The van der Waals surface area contributed by atoms with Crippen molar-refractivity contribution in [3.63, 3.8) is 0 Å². The number of aromatic nitrogens is 1. The molecule has 2 heterocycles. The average molecular weight is 238 g/mol. The topological polar surface area (TPSA) is 36.4 Å². The van der Waals surface area contributed by atoms with Gasteiger partial charge in [0.25, 0.3) is 0 Å². The molecule has 16 heavy (non-hydrogen) atoms. The lowest BCUT2D eigenvalue weighted by atomic mass is 10.2. The van der Waals surface area contributed by atoms with Crippen LogP contribution in [0.3, 0.4) is 0 Å². The number of rotatable bonds is 4. The van der Waals surface area contributed by atoms with Crippen LogP contribution in [-0.2, 0) is 13.2 Å². The van der Waals surface area contributed by atoms with Crippen molar-refractivity contribution in [1.29, 1.82) is 0 Å². The van der Waals surface area contributed by atoms with E-state index in [0.29, 0.717) is 5.92 Å². The zero-order valence-corrected chi connectivity index (χ0v) is 10.3. The smallest absolute Gasteiger partial charge is 0.107 e. The molecule has 1 aromatic heterocycles. The van der Waals surface area contributed by atoms with Gasteiger partial charge in [0.05, 0.1) is 23.7 Å². The lowest BCUT2D eigenvalue weighted by Crippen LogP contribution is -2.18. The molecule has 0 spiro atoms. The molecule has 1 aromatic rings. The molecule has 1 saturated heterocycles. The quantitative estimate of drug-likeness (QED) is 0.872. The molecule has 2 fully saturated rings. The van der Waals surface area contributed by atoms with Gasteiger partial charge in [-0.2, -0.15) is 0 Å². The summed E-state index contributed by atoms with van der Waals surface area (Å²) in [5, 5.41) is 10.5. The summed E-state index contributed by atoms with van der Waals surface area (Å²) in [5.74, 6) is 0.658. The van der Waals surface area contributed by atoms with Crippen molar-refractivity contribution in [3.8, 4) is 0 Å². The molecule has 2 aliphatic rings. The van der Waals surface area contributed by atoms with Crippen molar-refractivity contribution in [2.24, 2.45) is 0 Å². The number of aliphatic hydroxyl groups excluding tert-OH is 1. The van der Waals surface area contributed by atoms with Crippen molar-refractivity contribution >= 4 is 11.3 Å². The Morgan fingerprint density at radius 3 is 2.69 bits per heavy atom. The predicted octanol–water partition coefficient (Wildman–Crippen LogP) is 2.11. The summed E-state index contributed by atoms with van der Waals surface area (Å²) < 4.78 is 0. The molecule has 0 aromatic carbocycles. The van der Waals surface area contributed by atoms with Crippen LogP contribution in [-0.4, -0.2) is 28.1 Å². The van der Waals surface area contributed by atoms with E-state index in [9.17, 15) is 5.11 Å². The Balaban J connectivity index is 1.73. The van der Waals surface area contributed by atoms with E-state index in [-0.39, 0.29) is 6.61 Å². The van der Waals surface area contributed by atoms with Gasteiger partial charge in [0, 0.05) is 5.92 Å². The number of nitrogens with zero attached hydrogens (tertiary/aromatic N) is 2. The van der Waals surface area contributed by atoms with E-state index < -0.39 is 0 Å². The van der Waals surface area contributed by atoms with E-state index in [2.05, 4.69) is 4.90 Å². The molecule has 0 unspecified atom stereocenters. The van der Waals surface area contributed by atoms with Crippen molar-refractivity contribution in [1.82, 2.24) is 9.88 Å². The Morgan fingerprint density at radius 2 is 2.06 bits per heavy atom. The third kappa shape index (κ3) is 2.14. The summed E-state index contributed by atoms with van der Waals surface area (Å²) in [6.07, 6.45) is 5.18. The van der Waals surface area contributed by atoms with Crippen LogP contribution in [0.2, 0.25) is 0 Å². The summed E-state index contributed by atoms with van der Waals surface area (Å²) in [7, 11) is 0. The van der Waals surface area contributed by atoms with Gasteiger partial charge in [0.2, 0.25) is 0 Å². The third-order valence-electron chi connectivity index (χ3n) is 3.44. The average Bonchev–Trinajstić information content (AvgIpc) is 2.86. The lowest BCUT2D eigenvalue weighted by Gasteiger charge is -2.11. The number of aliphatic hydroxyl groups is 1. The molecule has 1 aliphatic carbocycles. The second kappa shape index (κ2) is 4.43. The molecule has 4 heteroatoms. The van der Waals surface area contributed by atoms with Gasteiger partial charge in [0.1, 0.15) is 5.01 Å². The van der Waals surface area contributed by atoms with E-state index in [4.69, 9.17) is 4.98 Å². The minimum absolute atomic E-state index is 0.170. The fourth-order valence-electron chi connectivity index (χ4n) is 2.40. The van der Waals surface area contributed by atoms with Crippen molar-refractivity contribution in [2.45, 2.75) is 44.8 Å². The number of hydrogen-bond acceptors (Lipinski definition) is 4. The Hall–Kier alpha value is -0.450. The van der Waals surface area contributed by atoms with Crippen molar-refractivity contribution in [3.05, 3.63) is 15.6 Å². The van der Waals surface area contributed by atoms with Crippen LogP contribution in [0.4, 0.5) is 0 Å². The van der Waals surface area contributed by atoms with Crippen LogP contribution in [0.15, 0.2) is 0 Å². The minimum atomic E-state index is 0.170. The highest BCUT2D eigenvalue weighted by Crippen LogP contribution is 2.42. The summed E-state index contributed by atoms with van der Waals surface area (Å²) in [6.45, 7) is 3.59. The second-order valence-electron chi connectivity index (χ2n) is 4.83. The van der Waals surface area contributed by atoms with Gasteiger partial charge in [-0.3, -0.25) is 4.90 Å². The Labute approximate surface area is 100 Å². The highest BCUT2D eigenvalue weighted by Gasteiger charge is 2.29. The summed E-state index contributed by atoms with van der Waals surface area (Å²) in [6, 6.07) is 0. The van der Waals surface area contributed by atoms with E-state index >= 15 is 0 Å². The van der Waals surface area contributed by atoms with E-state index in [1.54, 1.807) is 11.3 Å². The van der Waals surface area contributed by atoms with Gasteiger partial charge in [0.15, 0.2) is 0 Å². The Bertz CT molecular complexity index is 367. The first-order valence-electron chi connectivity index (χ1n) is 6.18. The summed E-state index contributed by atoms with van der Waals surface area (Å²) in [4.78, 5) is 8.30. The SMILES string of the molecule is OCc1sc(CN2CCCC2)nc1C1CC1. The molecule has 0 atom stereocenters. The molecular weight excluding hydrogens is 220 g/mol. The molecule has 1 N–H and O–H groups in total. The Kier molecular flexibility index (Phi) is 2.96. The van der Waals surface area contributed by atoms with Crippen LogP contribution in [0.1, 0.15) is 47.2 Å². The first-order chi connectivity index (χ1) is 7.86.